The molecule has 0 spiro atoms. The van der Waals surface area contributed by atoms with Crippen LogP contribution in [0.5, 0.6) is 0 Å². The van der Waals surface area contributed by atoms with E-state index in [0.29, 0.717) is 0 Å². The van der Waals surface area contributed by atoms with Gasteiger partial charge in [0.2, 0.25) is 0 Å². The van der Waals surface area contributed by atoms with Crippen molar-refractivity contribution in [2.45, 2.75) is 38.3 Å². The third-order valence-corrected chi connectivity index (χ3v) is 4.00. The zero-order valence-corrected chi connectivity index (χ0v) is 9.76. The molecule has 2 bridgehead atoms. The van der Waals surface area contributed by atoms with Gasteiger partial charge in [0, 0.05) is 24.8 Å². The molecule has 1 aromatic heterocycles. The van der Waals surface area contributed by atoms with Crippen LogP contribution in [0.2, 0.25) is 0 Å². The lowest BCUT2D eigenvalue weighted by molar-refractivity contribution is 0.550. The first-order valence-corrected chi connectivity index (χ1v) is 6.22. The van der Waals surface area contributed by atoms with Crippen LogP contribution in [-0.4, -0.2) is 17.6 Å². The van der Waals surface area contributed by atoms with E-state index in [1.807, 2.05) is 19.2 Å². The number of hydrogen-bond donors (Lipinski definition) is 1. The summed E-state index contributed by atoms with van der Waals surface area (Å²) in [5.41, 5.74) is 7.10. The normalized spacial score (nSPS) is 29.8. The molecule has 2 heterocycles. The van der Waals surface area contributed by atoms with Crippen LogP contribution >= 0.6 is 0 Å². The van der Waals surface area contributed by atoms with Gasteiger partial charge in [-0.05, 0) is 49.8 Å². The number of hydrogen-bond acceptors (Lipinski definition) is 3. The average Bonchev–Trinajstić information content (AvgIpc) is 2.91. The molecule has 3 nitrogen and oxygen atoms in total. The quantitative estimate of drug-likeness (QED) is 0.824. The fourth-order valence-corrected chi connectivity index (χ4v) is 3.08. The van der Waals surface area contributed by atoms with Crippen molar-refractivity contribution in [2.75, 3.05) is 11.4 Å². The van der Waals surface area contributed by atoms with Crippen LogP contribution in [0.15, 0.2) is 18.3 Å². The Hall–Kier alpha value is -1.09. The first-order valence-electron chi connectivity index (χ1n) is 6.22. The molecule has 16 heavy (non-hydrogen) atoms. The predicted octanol–water partition coefficient (Wildman–Crippen LogP) is 2.09. The molecule has 2 N–H and O–H groups in total. The van der Waals surface area contributed by atoms with E-state index in [9.17, 15) is 0 Å². The standard InChI is InChI=1S/C13H19N3/c1-9(14)11-4-5-15-13(7-11)16-8-10-2-3-12(16)6-10/h4-5,7,9-10,12H,2-3,6,8,14H2,1H3. The van der Waals surface area contributed by atoms with Crippen molar-refractivity contribution in [3.05, 3.63) is 23.9 Å². The van der Waals surface area contributed by atoms with Gasteiger partial charge in [0.05, 0.1) is 0 Å². The number of piperidine rings is 1. The van der Waals surface area contributed by atoms with E-state index in [1.54, 1.807) is 0 Å². The SMILES string of the molecule is CC(N)c1ccnc(N2CC3CCC2C3)c1. The molecule has 86 valence electrons. The number of rotatable bonds is 2. The maximum absolute atomic E-state index is 5.91. The first-order chi connectivity index (χ1) is 7.74. The summed E-state index contributed by atoms with van der Waals surface area (Å²) < 4.78 is 0. The minimum absolute atomic E-state index is 0.0986. The fraction of sp³-hybridized carbons (Fsp3) is 0.615. The Balaban J connectivity index is 1.86. The topological polar surface area (TPSA) is 42.1 Å². The molecule has 2 aliphatic rings. The van der Waals surface area contributed by atoms with Crippen molar-refractivity contribution in [2.24, 2.45) is 11.7 Å². The number of pyridine rings is 1. The van der Waals surface area contributed by atoms with E-state index in [2.05, 4.69) is 16.0 Å². The first kappa shape index (κ1) is 10.1. The minimum atomic E-state index is 0.0986. The summed E-state index contributed by atoms with van der Waals surface area (Å²) in [5, 5.41) is 0. The van der Waals surface area contributed by atoms with Crippen LogP contribution in [0.4, 0.5) is 5.82 Å². The van der Waals surface area contributed by atoms with Crippen LogP contribution in [0.3, 0.4) is 0 Å². The van der Waals surface area contributed by atoms with Crippen LogP contribution in [0.1, 0.15) is 37.8 Å². The summed E-state index contributed by atoms with van der Waals surface area (Å²) in [7, 11) is 0. The molecule has 0 radical (unpaired) electrons. The lowest BCUT2D eigenvalue weighted by Crippen LogP contribution is -2.32. The number of fused-ring (bicyclic) bond motifs is 2. The minimum Gasteiger partial charge on any atom is -0.353 e. The van der Waals surface area contributed by atoms with Crippen molar-refractivity contribution in [1.82, 2.24) is 4.98 Å². The van der Waals surface area contributed by atoms with Gasteiger partial charge >= 0.3 is 0 Å². The van der Waals surface area contributed by atoms with Gasteiger partial charge in [-0.15, -0.1) is 0 Å². The summed E-state index contributed by atoms with van der Waals surface area (Å²) in [5.74, 6) is 2.03. The van der Waals surface area contributed by atoms with Crippen LogP contribution in [-0.2, 0) is 0 Å². The zero-order chi connectivity index (χ0) is 11.1. The molecule has 1 aromatic rings. The highest BCUT2D eigenvalue weighted by atomic mass is 15.2. The number of aromatic nitrogens is 1. The third-order valence-electron chi connectivity index (χ3n) is 4.00. The molecule has 0 amide bonds. The van der Waals surface area contributed by atoms with Gasteiger partial charge in [-0.2, -0.15) is 0 Å². The van der Waals surface area contributed by atoms with E-state index < -0.39 is 0 Å². The summed E-state index contributed by atoms with van der Waals surface area (Å²) in [6, 6.07) is 5.01. The molecule has 3 atom stereocenters. The molecule has 1 saturated heterocycles. The number of nitrogens with two attached hydrogens (primary N) is 1. The van der Waals surface area contributed by atoms with Crippen molar-refractivity contribution in [3.8, 4) is 0 Å². The van der Waals surface area contributed by atoms with Crippen LogP contribution in [0, 0.1) is 5.92 Å². The van der Waals surface area contributed by atoms with Crippen molar-refractivity contribution >= 4 is 5.82 Å². The second-order valence-electron chi connectivity index (χ2n) is 5.22. The lowest BCUT2D eigenvalue weighted by atomic mass is 10.1. The van der Waals surface area contributed by atoms with Crippen molar-refractivity contribution in [1.29, 1.82) is 0 Å². The van der Waals surface area contributed by atoms with E-state index in [4.69, 9.17) is 5.73 Å². The molecule has 2 fully saturated rings. The van der Waals surface area contributed by atoms with Gasteiger partial charge in [-0.1, -0.05) is 0 Å². The Bertz CT molecular complexity index is 389. The predicted molar refractivity (Wildman–Crippen MR) is 65.3 cm³/mol. The number of anilines is 1. The molecule has 0 aromatic carbocycles. The summed E-state index contributed by atoms with van der Waals surface area (Å²) in [6.07, 6.45) is 6.01. The average molecular weight is 217 g/mol. The van der Waals surface area contributed by atoms with E-state index >= 15 is 0 Å². The van der Waals surface area contributed by atoms with Gasteiger partial charge in [0.15, 0.2) is 0 Å². The van der Waals surface area contributed by atoms with Crippen LogP contribution in [0.25, 0.3) is 0 Å². The van der Waals surface area contributed by atoms with Crippen LogP contribution < -0.4 is 10.6 Å². The maximum atomic E-state index is 5.91. The number of nitrogens with zero attached hydrogens (tertiary/aromatic N) is 2. The molecular formula is C13H19N3. The van der Waals surface area contributed by atoms with Gasteiger partial charge in [0.25, 0.3) is 0 Å². The molecule has 3 heteroatoms. The Morgan fingerprint density at radius 2 is 2.38 bits per heavy atom. The Morgan fingerprint density at radius 1 is 1.50 bits per heavy atom. The van der Waals surface area contributed by atoms with Gasteiger partial charge in [0.1, 0.15) is 5.82 Å². The molecule has 3 unspecified atom stereocenters. The second-order valence-corrected chi connectivity index (χ2v) is 5.22. The van der Waals surface area contributed by atoms with Gasteiger partial charge in [-0.25, -0.2) is 4.98 Å². The summed E-state index contributed by atoms with van der Waals surface area (Å²) >= 11 is 0. The molecule has 1 saturated carbocycles. The monoisotopic (exact) mass is 217 g/mol. The fourth-order valence-electron chi connectivity index (χ4n) is 3.08. The highest BCUT2D eigenvalue weighted by Gasteiger charge is 2.38. The lowest BCUT2D eigenvalue weighted by Gasteiger charge is -2.28. The van der Waals surface area contributed by atoms with E-state index in [0.717, 1.165) is 17.8 Å². The highest BCUT2D eigenvalue weighted by Crippen LogP contribution is 2.39. The van der Waals surface area contributed by atoms with E-state index in [-0.39, 0.29) is 6.04 Å². The summed E-state index contributed by atoms with van der Waals surface area (Å²) in [6.45, 7) is 3.22. The second kappa shape index (κ2) is 3.74. The molecular weight excluding hydrogens is 198 g/mol. The maximum Gasteiger partial charge on any atom is 0.129 e. The molecule has 3 rings (SSSR count). The molecule has 1 aliphatic heterocycles. The summed E-state index contributed by atoms with van der Waals surface area (Å²) in [4.78, 5) is 6.97. The Morgan fingerprint density at radius 3 is 3.00 bits per heavy atom. The van der Waals surface area contributed by atoms with Crippen molar-refractivity contribution in [3.63, 3.8) is 0 Å². The highest BCUT2D eigenvalue weighted by molar-refractivity contribution is 5.45. The smallest absolute Gasteiger partial charge is 0.129 e. The Kier molecular flexibility index (Phi) is 2.36. The zero-order valence-electron chi connectivity index (χ0n) is 9.76. The largest absolute Gasteiger partial charge is 0.353 e. The molecule has 1 aliphatic carbocycles. The third kappa shape index (κ3) is 1.59. The van der Waals surface area contributed by atoms with Crippen molar-refractivity contribution < 1.29 is 0 Å². The Labute approximate surface area is 96.7 Å². The van der Waals surface area contributed by atoms with Gasteiger partial charge < -0.3 is 10.6 Å². The van der Waals surface area contributed by atoms with Gasteiger partial charge in [-0.3, -0.25) is 0 Å². The van der Waals surface area contributed by atoms with E-state index in [1.165, 1.54) is 31.4 Å².